The second-order valence-electron chi connectivity index (χ2n) is 5.12. The SMILES string of the molecule is CC1NCCN(C(=O)CCOc2ccc(F)cc2)C1C.Cl. The van der Waals surface area contributed by atoms with E-state index < -0.39 is 0 Å². The van der Waals surface area contributed by atoms with Crippen molar-refractivity contribution in [3.8, 4) is 5.75 Å². The van der Waals surface area contributed by atoms with Gasteiger partial charge in [-0.05, 0) is 38.1 Å². The van der Waals surface area contributed by atoms with Crippen molar-refractivity contribution in [2.75, 3.05) is 19.7 Å². The van der Waals surface area contributed by atoms with E-state index in [1.807, 2.05) is 4.90 Å². The fraction of sp³-hybridized carbons (Fsp3) is 0.533. The van der Waals surface area contributed by atoms with Gasteiger partial charge in [0.15, 0.2) is 0 Å². The van der Waals surface area contributed by atoms with Crippen LogP contribution in [0.5, 0.6) is 5.75 Å². The molecule has 1 amide bonds. The largest absolute Gasteiger partial charge is 0.493 e. The van der Waals surface area contributed by atoms with Gasteiger partial charge in [0.1, 0.15) is 11.6 Å². The minimum atomic E-state index is -0.294. The Labute approximate surface area is 131 Å². The number of carbonyl (C=O) groups is 1. The summed E-state index contributed by atoms with van der Waals surface area (Å²) in [6.07, 6.45) is 0.342. The average molecular weight is 317 g/mol. The molecule has 4 nitrogen and oxygen atoms in total. The molecule has 0 radical (unpaired) electrons. The van der Waals surface area contributed by atoms with Crippen molar-refractivity contribution >= 4 is 18.3 Å². The Hall–Kier alpha value is -1.33. The third kappa shape index (κ3) is 4.86. The van der Waals surface area contributed by atoms with E-state index in [9.17, 15) is 9.18 Å². The summed E-state index contributed by atoms with van der Waals surface area (Å²) >= 11 is 0. The molecule has 1 aromatic carbocycles. The predicted octanol–water partition coefficient (Wildman–Crippen LogP) is 2.23. The molecule has 6 heteroatoms. The van der Waals surface area contributed by atoms with Crippen LogP contribution in [0.1, 0.15) is 20.3 Å². The highest BCUT2D eigenvalue weighted by Crippen LogP contribution is 2.13. The Morgan fingerprint density at radius 3 is 2.71 bits per heavy atom. The van der Waals surface area contributed by atoms with Gasteiger partial charge in [-0.25, -0.2) is 4.39 Å². The molecule has 21 heavy (non-hydrogen) atoms. The summed E-state index contributed by atoms with van der Waals surface area (Å²) < 4.78 is 18.2. The zero-order valence-corrected chi connectivity index (χ0v) is 13.2. The number of halogens is 2. The van der Waals surface area contributed by atoms with Gasteiger partial charge in [0, 0.05) is 25.2 Å². The summed E-state index contributed by atoms with van der Waals surface area (Å²) in [6.45, 7) is 6.02. The van der Waals surface area contributed by atoms with Crippen LogP contribution in [-0.2, 0) is 4.79 Å². The second kappa shape index (κ2) is 8.20. The van der Waals surface area contributed by atoms with E-state index in [0.29, 0.717) is 24.8 Å². The van der Waals surface area contributed by atoms with Gasteiger partial charge in [0.05, 0.1) is 13.0 Å². The van der Waals surface area contributed by atoms with Crippen LogP contribution in [0, 0.1) is 5.82 Å². The van der Waals surface area contributed by atoms with E-state index in [0.717, 1.165) is 13.1 Å². The maximum Gasteiger partial charge on any atom is 0.226 e. The number of piperazine rings is 1. The first kappa shape index (κ1) is 17.7. The number of hydrogen-bond donors (Lipinski definition) is 1. The third-order valence-corrected chi connectivity index (χ3v) is 3.75. The molecule has 1 aliphatic heterocycles. The monoisotopic (exact) mass is 316 g/mol. The van der Waals surface area contributed by atoms with Crippen LogP contribution < -0.4 is 10.1 Å². The lowest BCUT2D eigenvalue weighted by atomic mass is 10.1. The van der Waals surface area contributed by atoms with Crippen molar-refractivity contribution in [2.24, 2.45) is 0 Å². The van der Waals surface area contributed by atoms with Gasteiger partial charge in [-0.15, -0.1) is 12.4 Å². The summed E-state index contributed by atoms with van der Waals surface area (Å²) in [6, 6.07) is 6.33. The quantitative estimate of drug-likeness (QED) is 0.926. The van der Waals surface area contributed by atoms with E-state index in [2.05, 4.69) is 19.2 Å². The molecule has 0 aromatic heterocycles. The van der Waals surface area contributed by atoms with Crippen molar-refractivity contribution < 1.29 is 13.9 Å². The first-order valence-corrected chi connectivity index (χ1v) is 6.99. The maximum absolute atomic E-state index is 12.7. The van der Waals surface area contributed by atoms with Gasteiger partial charge < -0.3 is 15.0 Å². The molecule has 1 heterocycles. The Balaban J connectivity index is 0.00000220. The van der Waals surface area contributed by atoms with E-state index in [4.69, 9.17) is 4.74 Å². The lowest BCUT2D eigenvalue weighted by Gasteiger charge is -2.38. The molecule has 0 saturated carbocycles. The molecule has 1 fully saturated rings. The number of hydrogen-bond acceptors (Lipinski definition) is 3. The number of ether oxygens (including phenoxy) is 1. The molecule has 2 atom stereocenters. The highest BCUT2D eigenvalue weighted by atomic mass is 35.5. The normalized spacial score (nSPS) is 21.6. The summed E-state index contributed by atoms with van der Waals surface area (Å²) in [5.41, 5.74) is 0. The van der Waals surface area contributed by atoms with Crippen LogP contribution in [0.3, 0.4) is 0 Å². The van der Waals surface area contributed by atoms with Crippen LogP contribution in [0.2, 0.25) is 0 Å². The molecule has 2 unspecified atom stereocenters. The minimum Gasteiger partial charge on any atom is -0.493 e. The lowest BCUT2D eigenvalue weighted by molar-refractivity contribution is -0.135. The molecule has 0 bridgehead atoms. The van der Waals surface area contributed by atoms with E-state index in [-0.39, 0.29) is 30.2 Å². The van der Waals surface area contributed by atoms with Crippen LogP contribution in [0.25, 0.3) is 0 Å². The molecular formula is C15H22ClFN2O2. The molecule has 0 spiro atoms. The number of nitrogens with zero attached hydrogens (tertiary/aromatic N) is 1. The molecule has 0 aliphatic carbocycles. The zero-order chi connectivity index (χ0) is 14.5. The number of amides is 1. The minimum absolute atomic E-state index is 0. The van der Waals surface area contributed by atoms with Crippen LogP contribution in [0.4, 0.5) is 4.39 Å². The fourth-order valence-corrected chi connectivity index (χ4v) is 2.34. The fourth-order valence-electron chi connectivity index (χ4n) is 2.34. The molecule has 1 aliphatic rings. The summed E-state index contributed by atoms with van der Waals surface area (Å²) in [5.74, 6) is 0.394. The van der Waals surface area contributed by atoms with Gasteiger partial charge in [-0.1, -0.05) is 0 Å². The first-order chi connectivity index (χ1) is 9.58. The van der Waals surface area contributed by atoms with Crippen molar-refractivity contribution in [1.29, 1.82) is 0 Å². The van der Waals surface area contributed by atoms with Crippen molar-refractivity contribution in [2.45, 2.75) is 32.4 Å². The van der Waals surface area contributed by atoms with Gasteiger partial charge in [-0.2, -0.15) is 0 Å². The molecular weight excluding hydrogens is 295 g/mol. The van der Waals surface area contributed by atoms with Gasteiger partial charge in [-0.3, -0.25) is 4.79 Å². The summed E-state index contributed by atoms with van der Waals surface area (Å²) in [4.78, 5) is 14.1. The number of nitrogens with one attached hydrogen (secondary N) is 1. The van der Waals surface area contributed by atoms with Gasteiger partial charge >= 0.3 is 0 Å². The Bertz CT molecular complexity index is 455. The highest BCUT2D eigenvalue weighted by Gasteiger charge is 2.27. The summed E-state index contributed by atoms with van der Waals surface area (Å²) in [7, 11) is 0. The van der Waals surface area contributed by atoms with Crippen LogP contribution in [0.15, 0.2) is 24.3 Å². The molecule has 1 saturated heterocycles. The van der Waals surface area contributed by atoms with Crippen molar-refractivity contribution in [3.63, 3.8) is 0 Å². The molecule has 1 aromatic rings. The average Bonchev–Trinajstić information content (AvgIpc) is 2.44. The van der Waals surface area contributed by atoms with Crippen LogP contribution >= 0.6 is 12.4 Å². The van der Waals surface area contributed by atoms with Gasteiger partial charge in [0.25, 0.3) is 0 Å². The molecule has 118 valence electrons. The van der Waals surface area contributed by atoms with E-state index in [1.54, 1.807) is 12.1 Å². The van der Waals surface area contributed by atoms with Gasteiger partial charge in [0.2, 0.25) is 5.91 Å². The standard InChI is InChI=1S/C15H21FN2O2.ClH/c1-11-12(2)18(9-8-17-11)15(19)7-10-20-14-5-3-13(16)4-6-14;/h3-6,11-12,17H,7-10H2,1-2H3;1H. The molecule has 1 N–H and O–H groups in total. The van der Waals surface area contributed by atoms with Crippen LogP contribution in [-0.4, -0.2) is 42.6 Å². The first-order valence-electron chi connectivity index (χ1n) is 6.99. The Kier molecular flexibility index (Phi) is 6.92. The highest BCUT2D eigenvalue weighted by molar-refractivity contribution is 5.85. The van der Waals surface area contributed by atoms with Crippen molar-refractivity contribution in [1.82, 2.24) is 10.2 Å². The number of rotatable bonds is 4. The lowest BCUT2D eigenvalue weighted by Crippen LogP contribution is -2.57. The maximum atomic E-state index is 12.7. The predicted molar refractivity (Wildman–Crippen MR) is 82.4 cm³/mol. The second-order valence-corrected chi connectivity index (χ2v) is 5.12. The number of carbonyl (C=O) groups excluding carboxylic acids is 1. The van der Waals surface area contributed by atoms with E-state index in [1.165, 1.54) is 12.1 Å². The topological polar surface area (TPSA) is 41.6 Å². The Morgan fingerprint density at radius 1 is 1.38 bits per heavy atom. The third-order valence-electron chi connectivity index (χ3n) is 3.75. The smallest absolute Gasteiger partial charge is 0.226 e. The zero-order valence-electron chi connectivity index (χ0n) is 12.3. The number of benzene rings is 1. The Morgan fingerprint density at radius 2 is 2.05 bits per heavy atom. The van der Waals surface area contributed by atoms with Crippen molar-refractivity contribution in [3.05, 3.63) is 30.1 Å². The summed E-state index contributed by atoms with van der Waals surface area (Å²) in [5, 5.41) is 3.34. The molecule has 2 rings (SSSR count). The van der Waals surface area contributed by atoms with E-state index >= 15 is 0 Å².